The van der Waals surface area contributed by atoms with Crippen LogP contribution in [0.1, 0.15) is 26.3 Å². The van der Waals surface area contributed by atoms with Gasteiger partial charge in [-0.3, -0.25) is 0 Å². The first kappa shape index (κ1) is 12.4. The van der Waals surface area contributed by atoms with E-state index in [4.69, 9.17) is 10.5 Å². The lowest BCUT2D eigenvalue weighted by Gasteiger charge is -2.19. The molecule has 3 heteroatoms. The summed E-state index contributed by atoms with van der Waals surface area (Å²) in [5.74, 6) is 1.19. The summed E-state index contributed by atoms with van der Waals surface area (Å²) in [7, 11) is 0. The summed E-state index contributed by atoms with van der Waals surface area (Å²) in [6.45, 7) is 6.54. The maximum absolute atomic E-state index is 5.78. The average molecular weight is 242 g/mol. The molecule has 0 fully saturated rings. The molecule has 2 rings (SSSR count). The van der Waals surface area contributed by atoms with Gasteiger partial charge in [0.05, 0.1) is 5.69 Å². The molecular formula is C15H18N2O. The molecule has 1 aromatic heterocycles. The van der Waals surface area contributed by atoms with Gasteiger partial charge in [0.2, 0.25) is 5.88 Å². The van der Waals surface area contributed by atoms with E-state index in [0.717, 1.165) is 5.75 Å². The number of aromatic nitrogens is 1. The number of pyridine rings is 1. The molecule has 0 saturated carbocycles. The molecule has 0 aliphatic rings. The van der Waals surface area contributed by atoms with Gasteiger partial charge in [0.1, 0.15) is 5.75 Å². The van der Waals surface area contributed by atoms with Crippen molar-refractivity contribution in [2.45, 2.75) is 26.2 Å². The summed E-state index contributed by atoms with van der Waals surface area (Å²) in [6, 6.07) is 11.6. The van der Waals surface area contributed by atoms with E-state index in [2.05, 4.69) is 37.9 Å². The highest BCUT2D eigenvalue weighted by molar-refractivity contribution is 5.49. The second kappa shape index (κ2) is 4.69. The highest BCUT2D eigenvalue weighted by Gasteiger charge is 2.13. The molecule has 0 aliphatic carbocycles. The minimum Gasteiger partial charge on any atom is -0.437 e. The van der Waals surface area contributed by atoms with Crippen LogP contribution in [0, 0.1) is 0 Å². The Bertz CT molecular complexity index is 527. The molecule has 2 N–H and O–H groups in total. The average Bonchev–Trinajstić information content (AvgIpc) is 2.32. The number of anilines is 1. The quantitative estimate of drug-likeness (QED) is 0.872. The molecule has 0 radical (unpaired) electrons. The van der Waals surface area contributed by atoms with Gasteiger partial charge in [0, 0.05) is 6.20 Å². The fraction of sp³-hybridized carbons (Fsp3) is 0.267. The first-order valence-electron chi connectivity index (χ1n) is 5.96. The van der Waals surface area contributed by atoms with Crippen molar-refractivity contribution >= 4 is 5.69 Å². The number of rotatable bonds is 2. The Morgan fingerprint density at radius 1 is 1.06 bits per heavy atom. The Balaban J connectivity index is 2.19. The fourth-order valence-electron chi connectivity index (χ4n) is 1.62. The maximum Gasteiger partial charge on any atom is 0.242 e. The van der Waals surface area contributed by atoms with E-state index >= 15 is 0 Å². The van der Waals surface area contributed by atoms with Gasteiger partial charge < -0.3 is 10.5 Å². The number of nitrogens with zero attached hydrogens (tertiary/aromatic N) is 1. The number of nitrogen functional groups attached to an aromatic ring is 1. The minimum atomic E-state index is 0.141. The van der Waals surface area contributed by atoms with Crippen LogP contribution in [0.15, 0.2) is 42.6 Å². The fourth-order valence-corrected chi connectivity index (χ4v) is 1.62. The lowest BCUT2D eigenvalue weighted by atomic mass is 9.87. The van der Waals surface area contributed by atoms with Crippen LogP contribution in [0.5, 0.6) is 11.6 Å². The third-order valence-corrected chi connectivity index (χ3v) is 2.74. The Morgan fingerprint density at radius 2 is 1.72 bits per heavy atom. The van der Waals surface area contributed by atoms with Crippen molar-refractivity contribution in [3.8, 4) is 11.6 Å². The third-order valence-electron chi connectivity index (χ3n) is 2.74. The summed E-state index contributed by atoms with van der Waals surface area (Å²) in [5, 5.41) is 0. The molecule has 94 valence electrons. The summed E-state index contributed by atoms with van der Waals surface area (Å²) in [6.07, 6.45) is 1.66. The van der Waals surface area contributed by atoms with Crippen molar-refractivity contribution in [1.29, 1.82) is 0 Å². The molecule has 18 heavy (non-hydrogen) atoms. The first-order valence-corrected chi connectivity index (χ1v) is 5.96. The van der Waals surface area contributed by atoms with Crippen molar-refractivity contribution in [2.24, 2.45) is 0 Å². The van der Waals surface area contributed by atoms with E-state index in [1.165, 1.54) is 5.56 Å². The summed E-state index contributed by atoms with van der Waals surface area (Å²) in [4.78, 5) is 4.10. The molecular weight excluding hydrogens is 224 g/mol. The molecule has 1 heterocycles. The van der Waals surface area contributed by atoms with E-state index in [-0.39, 0.29) is 5.41 Å². The SMILES string of the molecule is CC(C)(C)c1ccc(Oc2ncccc2N)cc1. The van der Waals surface area contributed by atoms with Crippen molar-refractivity contribution in [3.05, 3.63) is 48.2 Å². The van der Waals surface area contributed by atoms with Crippen LogP contribution in [0.2, 0.25) is 0 Å². The maximum atomic E-state index is 5.78. The summed E-state index contributed by atoms with van der Waals surface area (Å²) in [5.41, 5.74) is 7.73. The van der Waals surface area contributed by atoms with Gasteiger partial charge in [-0.25, -0.2) is 4.98 Å². The van der Waals surface area contributed by atoms with E-state index in [1.807, 2.05) is 12.1 Å². The normalized spacial score (nSPS) is 11.3. The second-order valence-corrected chi connectivity index (χ2v) is 5.27. The monoisotopic (exact) mass is 242 g/mol. The standard InChI is InChI=1S/C15H18N2O/c1-15(2,3)11-6-8-12(9-7-11)18-14-13(16)5-4-10-17-14/h4-10H,16H2,1-3H3. The zero-order chi connectivity index (χ0) is 13.2. The van der Waals surface area contributed by atoms with Crippen LogP contribution in [-0.4, -0.2) is 4.98 Å². The van der Waals surface area contributed by atoms with Crippen LogP contribution in [0.25, 0.3) is 0 Å². The molecule has 0 aliphatic heterocycles. The van der Waals surface area contributed by atoms with E-state index in [0.29, 0.717) is 11.6 Å². The molecule has 2 aromatic rings. The first-order chi connectivity index (χ1) is 8.47. The van der Waals surface area contributed by atoms with Gasteiger partial charge >= 0.3 is 0 Å². The Hall–Kier alpha value is -2.03. The molecule has 0 amide bonds. The predicted octanol–water partition coefficient (Wildman–Crippen LogP) is 3.75. The van der Waals surface area contributed by atoms with Gasteiger partial charge in [0.25, 0.3) is 0 Å². The predicted molar refractivity (Wildman–Crippen MR) is 73.9 cm³/mol. The van der Waals surface area contributed by atoms with Crippen LogP contribution in [0.3, 0.4) is 0 Å². The van der Waals surface area contributed by atoms with Crippen LogP contribution < -0.4 is 10.5 Å². The third kappa shape index (κ3) is 2.80. The minimum absolute atomic E-state index is 0.141. The highest BCUT2D eigenvalue weighted by Crippen LogP contribution is 2.28. The Kier molecular flexibility index (Phi) is 3.24. The Morgan fingerprint density at radius 3 is 2.28 bits per heavy atom. The van der Waals surface area contributed by atoms with Crippen molar-refractivity contribution in [3.63, 3.8) is 0 Å². The van der Waals surface area contributed by atoms with E-state index in [1.54, 1.807) is 18.3 Å². The molecule has 0 atom stereocenters. The van der Waals surface area contributed by atoms with Gasteiger partial charge in [-0.05, 0) is 35.2 Å². The van der Waals surface area contributed by atoms with Gasteiger partial charge in [0.15, 0.2) is 0 Å². The van der Waals surface area contributed by atoms with Crippen molar-refractivity contribution in [1.82, 2.24) is 4.98 Å². The smallest absolute Gasteiger partial charge is 0.242 e. The van der Waals surface area contributed by atoms with E-state index < -0.39 is 0 Å². The largest absolute Gasteiger partial charge is 0.437 e. The van der Waals surface area contributed by atoms with E-state index in [9.17, 15) is 0 Å². The van der Waals surface area contributed by atoms with Crippen molar-refractivity contribution in [2.75, 3.05) is 5.73 Å². The summed E-state index contributed by atoms with van der Waals surface area (Å²) < 4.78 is 5.64. The van der Waals surface area contributed by atoms with Crippen LogP contribution in [0.4, 0.5) is 5.69 Å². The summed E-state index contributed by atoms with van der Waals surface area (Å²) >= 11 is 0. The molecule has 0 saturated heterocycles. The zero-order valence-corrected chi connectivity index (χ0v) is 11.0. The molecule has 3 nitrogen and oxygen atoms in total. The number of benzene rings is 1. The van der Waals surface area contributed by atoms with Gasteiger partial charge in [-0.2, -0.15) is 0 Å². The van der Waals surface area contributed by atoms with Crippen LogP contribution >= 0.6 is 0 Å². The molecule has 0 unspecified atom stereocenters. The zero-order valence-electron chi connectivity index (χ0n) is 11.0. The molecule has 1 aromatic carbocycles. The Labute approximate surface area is 108 Å². The molecule has 0 spiro atoms. The second-order valence-electron chi connectivity index (χ2n) is 5.27. The highest BCUT2D eigenvalue weighted by atomic mass is 16.5. The van der Waals surface area contributed by atoms with Gasteiger partial charge in [-0.15, -0.1) is 0 Å². The lowest BCUT2D eigenvalue weighted by Crippen LogP contribution is -2.10. The van der Waals surface area contributed by atoms with Crippen LogP contribution in [-0.2, 0) is 5.41 Å². The lowest BCUT2D eigenvalue weighted by molar-refractivity contribution is 0.464. The topological polar surface area (TPSA) is 48.1 Å². The van der Waals surface area contributed by atoms with Crippen molar-refractivity contribution < 1.29 is 4.74 Å². The number of ether oxygens (including phenoxy) is 1. The number of hydrogen-bond donors (Lipinski definition) is 1. The number of hydrogen-bond acceptors (Lipinski definition) is 3. The van der Waals surface area contributed by atoms with Gasteiger partial charge in [-0.1, -0.05) is 32.9 Å². The number of nitrogens with two attached hydrogens (primary N) is 1. The molecule has 0 bridgehead atoms.